The highest BCUT2D eigenvalue weighted by molar-refractivity contribution is 5.27. The quantitative estimate of drug-likeness (QED) is 0.734. The average Bonchev–Trinajstić information content (AvgIpc) is 2.27. The van der Waals surface area contributed by atoms with Crippen molar-refractivity contribution in [2.45, 2.75) is 6.42 Å². The van der Waals surface area contributed by atoms with E-state index in [4.69, 9.17) is 0 Å². The Balaban J connectivity index is 2.02. The maximum atomic E-state index is 12.9. The number of halogens is 2. The monoisotopic (exact) mass is 217 g/mol. The zero-order valence-corrected chi connectivity index (χ0v) is 8.66. The number of hydrogen-bond donors (Lipinski definition) is 0. The normalized spacial score (nSPS) is 10.4. The molecule has 0 amide bonds. The van der Waals surface area contributed by atoms with Crippen LogP contribution in [-0.4, -0.2) is 0 Å². The Kier molecular flexibility index (Phi) is 3.30. The molecule has 2 aromatic carbocycles. The first kappa shape index (κ1) is 10.8. The first-order chi connectivity index (χ1) is 7.74. The third-order valence-electron chi connectivity index (χ3n) is 2.31. The lowest BCUT2D eigenvalue weighted by Gasteiger charge is -2.02. The molecule has 0 aliphatic heterocycles. The molecule has 0 heterocycles. The van der Waals surface area contributed by atoms with Crippen molar-refractivity contribution in [1.82, 2.24) is 0 Å². The van der Waals surface area contributed by atoms with E-state index in [1.165, 1.54) is 24.3 Å². The van der Waals surface area contributed by atoms with Crippen LogP contribution >= 0.6 is 0 Å². The van der Waals surface area contributed by atoms with Crippen molar-refractivity contribution in [1.29, 1.82) is 0 Å². The molecule has 2 heteroatoms. The number of benzene rings is 2. The van der Waals surface area contributed by atoms with Gasteiger partial charge in [-0.15, -0.1) is 0 Å². The molecule has 0 unspecified atom stereocenters. The molecule has 0 fully saturated rings. The van der Waals surface area contributed by atoms with Gasteiger partial charge in [0.25, 0.3) is 0 Å². The van der Waals surface area contributed by atoms with Gasteiger partial charge in [0, 0.05) is 0 Å². The van der Waals surface area contributed by atoms with E-state index in [1.807, 2.05) is 18.6 Å². The highest BCUT2D eigenvalue weighted by Crippen LogP contribution is 2.11. The van der Waals surface area contributed by atoms with E-state index in [-0.39, 0.29) is 11.6 Å². The third-order valence-corrected chi connectivity index (χ3v) is 2.31. The SMILES string of the molecule is Fc1cccc([CH]Cc2cccc(F)c2)c1. The van der Waals surface area contributed by atoms with Gasteiger partial charge in [0.1, 0.15) is 11.6 Å². The van der Waals surface area contributed by atoms with Gasteiger partial charge in [0.15, 0.2) is 0 Å². The van der Waals surface area contributed by atoms with E-state index in [2.05, 4.69) is 0 Å². The largest absolute Gasteiger partial charge is 0.207 e. The first-order valence-electron chi connectivity index (χ1n) is 5.07. The average molecular weight is 217 g/mol. The van der Waals surface area contributed by atoms with Gasteiger partial charge in [0.2, 0.25) is 0 Å². The Morgan fingerprint density at radius 3 is 2.25 bits per heavy atom. The first-order valence-corrected chi connectivity index (χ1v) is 5.07. The Labute approximate surface area is 93.5 Å². The van der Waals surface area contributed by atoms with Gasteiger partial charge in [-0.05, 0) is 48.2 Å². The maximum Gasteiger partial charge on any atom is 0.123 e. The Morgan fingerprint density at radius 2 is 1.56 bits per heavy atom. The highest BCUT2D eigenvalue weighted by atomic mass is 19.1. The fraction of sp³-hybridized carbons (Fsp3) is 0.0714. The van der Waals surface area contributed by atoms with Gasteiger partial charge in [-0.1, -0.05) is 24.3 Å². The smallest absolute Gasteiger partial charge is 0.123 e. The molecule has 0 saturated carbocycles. The summed E-state index contributed by atoms with van der Waals surface area (Å²) in [7, 11) is 0. The number of hydrogen-bond acceptors (Lipinski definition) is 0. The molecule has 0 aliphatic rings. The van der Waals surface area contributed by atoms with E-state index in [9.17, 15) is 8.78 Å². The van der Waals surface area contributed by atoms with Crippen LogP contribution in [0.3, 0.4) is 0 Å². The fourth-order valence-corrected chi connectivity index (χ4v) is 1.53. The van der Waals surface area contributed by atoms with Crippen LogP contribution < -0.4 is 0 Å². The molecule has 0 atom stereocenters. The van der Waals surface area contributed by atoms with Crippen LogP contribution in [-0.2, 0) is 6.42 Å². The molecule has 0 aromatic heterocycles. The van der Waals surface area contributed by atoms with Crippen LogP contribution in [0.1, 0.15) is 11.1 Å². The Morgan fingerprint density at radius 1 is 0.875 bits per heavy atom. The summed E-state index contributed by atoms with van der Waals surface area (Å²) in [6.45, 7) is 0. The van der Waals surface area contributed by atoms with E-state index < -0.39 is 0 Å². The van der Waals surface area contributed by atoms with Crippen molar-refractivity contribution < 1.29 is 8.78 Å². The molecule has 1 radical (unpaired) electrons. The minimum Gasteiger partial charge on any atom is -0.207 e. The van der Waals surface area contributed by atoms with Gasteiger partial charge >= 0.3 is 0 Å². The summed E-state index contributed by atoms with van der Waals surface area (Å²) >= 11 is 0. The summed E-state index contributed by atoms with van der Waals surface area (Å²) in [4.78, 5) is 0. The van der Waals surface area contributed by atoms with Gasteiger partial charge in [-0.3, -0.25) is 0 Å². The summed E-state index contributed by atoms with van der Waals surface area (Å²) in [5, 5.41) is 0. The van der Waals surface area contributed by atoms with E-state index in [0.717, 1.165) is 11.1 Å². The summed E-state index contributed by atoms with van der Waals surface area (Å²) in [6, 6.07) is 12.7. The van der Waals surface area contributed by atoms with Crippen molar-refractivity contribution in [2.75, 3.05) is 0 Å². The molecule has 0 spiro atoms. The van der Waals surface area contributed by atoms with Crippen molar-refractivity contribution in [3.05, 3.63) is 77.7 Å². The van der Waals surface area contributed by atoms with Crippen LogP contribution in [0.2, 0.25) is 0 Å². The summed E-state index contributed by atoms with van der Waals surface area (Å²) in [6.07, 6.45) is 2.47. The van der Waals surface area contributed by atoms with Crippen LogP contribution in [0, 0.1) is 18.1 Å². The highest BCUT2D eigenvalue weighted by Gasteiger charge is 1.99. The van der Waals surface area contributed by atoms with E-state index >= 15 is 0 Å². The summed E-state index contributed by atoms with van der Waals surface area (Å²) in [5.41, 5.74) is 1.69. The second-order valence-electron chi connectivity index (χ2n) is 3.59. The van der Waals surface area contributed by atoms with Crippen LogP contribution in [0.4, 0.5) is 8.78 Å². The lowest BCUT2D eigenvalue weighted by atomic mass is 10.0. The van der Waals surface area contributed by atoms with Crippen LogP contribution in [0.5, 0.6) is 0 Å². The van der Waals surface area contributed by atoms with Crippen molar-refractivity contribution in [3.8, 4) is 0 Å². The molecule has 0 bridgehead atoms. The minimum atomic E-state index is -0.256. The van der Waals surface area contributed by atoms with Gasteiger partial charge < -0.3 is 0 Å². The topological polar surface area (TPSA) is 0 Å². The molecular weight excluding hydrogens is 206 g/mol. The van der Waals surface area contributed by atoms with Crippen LogP contribution in [0.15, 0.2) is 48.5 Å². The van der Waals surface area contributed by atoms with Crippen molar-refractivity contribution in [3.63, 3.8) is 0 Å². The Bertz CT molecular complexity index is 432. The predicted octanol–water partition coefficient (Wildman–Crippen LogP) is 3.76. The van der Waals surface area contributed by atoms with E-state index in [0.29, 0.717) is 6.42 Å². The molecule has 0 N–H and O–H groups in total. The molecule has 0 nitrogen and oxygen atoms in total. The third kappa shape index (κ3) is 2.89. The molecule has 0 saturated heterocycles. The van der Waals surface area contributed by atoms with Gasteiger partial charge in [-0.2, -0.15) is 0 Å². The summed E-state index contributed by atoms with van der Waals surface area (Å²) in [5.74, 6) is -0.502. The standard InChI is InChI=1S/C14H11F2/c15-13-5-1-3-11(9-13)7-8-12-4-2-6-14(16)10-12/h1-7,9-10H,8H2. The van der Waals surface area contributed by atoms with Crippen LogP contribution in [0.25, 0.3) is 0 Å². The van der Waals surface area contributed by atoms with Gasteiger partial charge in [-0.25, -0.2) is 8.78 Å². The molecule has 2 aromatic rings. The lowest BCUT2D eigenvalue weighted by molar-refractivity contribution is 0.625. The molecular formula is C14H11F2. The fourth-order valence-electron chi connectivity index (χ4n) is 1.53. The molecule has 0 aliphatic carbocycles. The second kappa shape index (κ2) is 4.88. The number of rotatable bonds is 3. The maximum absolute atomic E-state index is 12.9. The van der Waals surface area contributed by atoms with Crippen molar-refractivity contribution >= 4 is 0 Å². The van der Waals surface area contributed by atoms with Crippen molar-refractivity contribution in [2.24, 2.45) is 0 Å². The molecule has 2 rings (SSSR count). The lowest BCUT2D eigenvalue weighted by Crippen LogP contribution is -1.90. The summed E-state index contributed by atoms with van der Waals surface area (Å²) < 4.78 is 25.8. The van der Waals surface area contributed by atoms with E-state index in [1.54, 1.807) is 12.1 Å². The molecule has 16 heavy (non-hydrogen) atoms. The second-order valence-corrected chi connectivity index (χ2v) is 3.59. The zero-order chi connectivity index (χ0) is 11.4. The zero-order valence-electron chi connectivity index (χ0n) is 8.66. The predicted molar refractivity (Wildman–Crippen MR) is 59.9 cm³/mol. The molecule has 81 valence electrons. The Hall–Kier alpha value is -1.70. The minimum absolute atomic E-state index is 0.245. The van der Waals surface area contributed by atoms with Gasteiger partial charge in [0.05, 0.1) is 0 Å².